The molecule has 3 heteroatoms. The van der Waals surface area contributed by atoms with Crippen molar-refractivity contribution in [3.8, 4) is 0 Å². The van der Waals surface area contributed by atoms with Gasteiger partial charge < -0.3 is 9.47 Å². The van der Waals surface area contributed by atoms with E-state index in [1.807, 2.05) is 6.92 Å². The lowest BCUT2D eigenvalue weighted by molar-refractivity contribution is -0.227. The second-order valence-corrected chi connectivity index (χ2v) is 6.90. The summed E-state index contributed by atoms with van der Waals surface area (Å²) in [6.07, 6.45) is 3.50. The minimum Gasteiger partial charge on any atom is -0.353 e. The minimum atomic E-state index is -0.776. The third kappa shape index (κ3) is 2.94. The van der Waals surface area contributed by atoms with Crippen LogP contribution in [-0.2, 0) is 9.47 Å². The second-order valence-electron chi connectivity index (χ2n) is 6.90. The van der Waals surface area contributed by atoms with E-state index in [-0.39, 0.29) is 5.92 Å². The normalized spacial score (nSPS) is 41.6. The Morgan fingerprint density at radius 3 is 2.40 bits per heavy atom. The zero-order valence-electron chi connectivity index (χ0n) is 13.3. The number of rotatable bonds is 2. The van der Waals surface area contributed by atoms with Crippen LogP contribution in [0.3, 0.4) is 0 Å². The molecule has 2 aliphatic rings. The maximum Gasteiger partial charge on any atom is 0.168 e. The molecular formula is C17H29FO2. The number of halogens is 1. The van der Waals surface area contributed by atoms with Gasteiger partial charge in [-0.1, -0.05) is 26.0 Å². The second kappa shape index (κ2) is 6.15. The van der Waals surface area contributed by atoms with Crippen LogP contribution in [0.15, 0.2) is 12.2 Å². The molecule has 2 rings (SSSR count). The Kier molecular flexibility index (Phi) is 4.91. The van der Waals surface area contributed by atoms with Crippen LogP contribution in [-0.4, -0.2) is 26.2 Å². The summed E-state index contributed by atoms with van der Waals surface area (Å²) in [6.45, 7) is 8.41. The lowest BCUT2D eigenvalue weighted by Gasteiger charge is -2.36. The van der Waals surface area contributed by atoms with Gasteiger partial charge in [0.15, 0.2) is 5.79 Å². The predicted octanol–water partition coefficient (Wildman–Crippen LogP) is 4.35. The zero-order chi connectivity index (χ0) is 14.9. The molecule has 2 saturated carbocycles. The van der Waals surface area contributed by atoms with Gasteiger partial charge in [0.1, 0.15) is 6.17 Å². The predicted molar refractivity (Wildman–Crippen MR) is 79.2 cm³/mol. The molecule has 0 aliphatic heterocycles. The van der Waals surface area contributed by atoms with Gasteiger partial charge in [-0.2, -0.15) is 0 Å². The van der Waals surface area contributed by atoms with Gasteiger partial charge in [0.2, 0.25) is 0 Å². The van der Waals surface area contributed by atoms with Crippen LogP contribution in [0.1, 0.15) is 46.0 Å². The van der Waals surface area contributed by atoms with E-state index in [0.29, 0.717) is 30.6 Å². The minimum absolute atomic E-state index is 0.0376. The van der Waals surface area contributed by atoms with Crippen LogP contribution in [0.2, 0.25) is 0 Å². The van der Waals surface area contributed by atoms with E-state index in [9.17, 15) is 4.39 Å². The zero-order valence-corrected chi connectivity index (χ0v) is 13.3. The van der Waals surface area contributed by atoms with Crippen LogP contribution in [0.5, 0.6) is 0 Å². The van der Waals surface area contributed by atoms with Gasteiger partial charge in [0.25, 0.3) is 0 Å². The van der Waals surface area contributed by atoms with E-state index in [0.717, 1.165) is 19.3 Å². The van der Waals surface area contributed by atoms with Crippen molar-refractivity contribution < 1.29 is 13.9 Å². The molecule has 5 atom stereocenters. The molecule has 0 bridgehead atoms. The fourth-order valence-electron chi connectivity index (χ4n) is 4.23. The van der Waals surface area contributed by atoms with Crippen molar-refractivity contribution in [2.24, 2.45) is 23.7 Å². The van der Waals surface area contributed by atoms with Crippen LogP contribution < -0.4 is 0 Å². The lowest BCUT2D eigenvalue weighted by Crippen LogP contribution is -2.39. The maximum absolute atomic E-state index is 14.5. The Morgan fingerprint density at radius 2 is 1.80 bits per heavy atom. The Hall–Kier alpha value is -0.410. The van der Waals surface area contributed by atoms with Gasteiger partial charge in [-0.05, 0) is 42.9 Å². The third-order valence-corrected chi connectivity index (χ3v) is 5.69. The summed E-state index contributed by atoms with van der Waals surface area (Å²) in [4.78, 5) is 0. The highest BCUT2D eigenvalue weighted by molar-refractivity contribution is 5.11. The van der Waals surface area contributed by atoms with E-state index in [2.05, 4.69) is 13.5 Å². The molecule has 1 unspecified atom stereocenters. The summed E-state index contributed by atoms with van der Waals surface area (Å²) in [6, 6.07) is 0. The molecule has 0 aromatic rings. The summed E-state index contributed by atoms with van der Waals surface area (Å²) in [5.74, 6) is 0.632. The molecular weight excluding hydrogens is 255 g/mol. The van der Waals surface area contributed by atoms with E-state index < -0.39 is 12.0 Å². The van der Waals surface area contributed by atoms with Gasteiger partial charge in [-0.15, -0.1) is 0 Å². The number of allylic oxidation sites excluding steroid dienone is 1. The molecule has 0 radical (unpaired) electrons. The van der Waals surface area contributed by atoms with Crippen LogP contribution in [0, 0.1) is 23.7 Å². The number of hydrogen-bond donors (Lipinski definition) is 0. The number of fused-ring (bicyclic) bond motifs is 1. The first-order valence-corrected chi connectivity index (χ1v) is 7.84. The Labute approximate surface area is 122 Å². The molecule has 0 spiro atoms. The summed E-state index contributed by atoms with van der Waals surface area (Å²) in [5, 5.41) is 0. The van der Waals surface area contributed by atoms with E-state index >= 15 is 0 Å². The monoisotopic (exact) mass is 284 g/mol. The molecule has 0 aromatic heterocycles. The standard InChI is InChI=1S/C17H29FO2/c1-11-6-7-14-12(2)8-16(18)13(3)9-17(19-4,20-5)10-15(11)14/h12-16H,1,6-10H2,2-5H3/t12-,13+,14-,15?,16+/m0/s1. The third-order valence-electron chi connectivity index (χ3n) is 5.69. The van der Waals surface area contributed by atoms with Crippen molar-refractivity contribution >= 4 is 0 Å². The fraction of sp³-hybridized carbons (Fsp3) is 0.882. The summed E-state index contributed by atoms with van der Waals surface area (Å²) in [5.41, 5.74) is 1.30. The van der Waals surface area contributed by atoms with Crippen molar-refractivity contribution in [3.05, 3.63) is 12.2 Å². The highest BCUT2D eigenvalue weighted by Gasteiger charge is 2.45. The quantitative estimate of drug-likeness (QED) is 0.554. The van der Waals surface area contributed by atoms with Gasteiger partial charge in [0.05, 0.1) is 0 Å². The van der Waals surface area contributed by atoms with Gasteiger partial charge in [-0.25, -0.2) is 4.39 Å². The first-order valence-electron chi connectivity index (χ1n) is 7.84. The molecule has 0 heterocycles. The van der Waals surface area contributed by atoms with E-state index in [1.165, 1.54) is 5.57 Å². The lowest BCUT2D eigenvalue weighted by atomic mass is 9.79. The topological polar surface area (TPSA) is 18.5 Å². The van der Waals surface area contributed by atoms with Crippen molar-refractivity contribution in [3.63, 3.8) is 0 Å². The van der Waals surface area contributed by atoms with Crippen LogP contribution >= 0.6 is 0 Å². The van der Waals surface area contributed by atoms with Crippen molar-refractivity contribution in [2.75, 3.05) is 14.2 Å². The van der Waals surface area contributed by atoms with Crippen LogP contribution in [0.4, 0.5) is 4.39 Å². The van der Waals surface area contributed by atoms with Gasteiger partial charge in [0, 0.05) is 27.1 Å². The molecule has 20 heavy (non-hydrogen) atoms. The molecule has 116 valence electrons. The Bertz CT molecular complexity index is 351. The van der Waals surface area contributed by atoms with Gasteiger partial charge in [-0.3, -0.25) is 0 Å². The van der Waals surface area contributed by atoms with Crippen molar-refractivity contribution in [1.82, 2.24) is 0 Å². The maximum atomic E-state index is 14.5. The van der Waals surface area contributed by atoms with E-state index in [1.54, 1.807) is 14.2 Å². The van der Waals surface area contributed by atoms with Crippen molar-refractivity contribution in [1.29, 1.82) is 0 Å². The van der Waals surface area contributed by atoms with E-state index in [4.69, 9.17) is 9.47 Å². The average Bonchev–Trinajstić information content (AvgIpc) is 2.79. The highest BCUT2D eigenvalue weighted by atomic mass is 19.1. The molecule has 0 saturated heterocycles. The first-order chi connectivity index (χ1) is 9.42. The summed E-state index contributed by atoms with van der Waals surface area (Å²) in [7, 11) is 3.36. The summed E-state index contributed by atoms with van der Waals surface area (Å²) < 4.78 is 25.9. The number of ether oxygens (including phenoxy) is 2. The molecule has 2 aliphatic carbocycles. The van der Waals surface area contributed by atoms with Crippen LogP contribution in [0.25, 0.3) is 0 Å². The number of alkyl halides is 1. The fourth-order valence-corrected chi connectivity index (χ4v) is 4.23. The smallest absolute Gasteiger partial charge is 0.168 e. The largest absolute Gasteiger partial charge is 0.353 e. The molecule has 0 N–H and O–H groups in total. The first kappa shape index (κ1) is 16.0. The molecule has 0 amide bonds. The number of hydrogen-bond acceptors (Lipinski definition) is 2. The Morgan fingerprint density at radius 1 is 1.15 bits per heavy atom. The Balaban J connectivity index is 2.31. The number of methoxy groups -OCH3 is 2. The molecule has 2 fully saturated rings. The van der Waals surface area contributed by atoms with Gasteiger partial charge >= 0.3 is 0 Å². The SMILES string of the molecule is C=C1CC[C@@H]2C1CC(OC)(OC)C[C@@H](C)[C@H](F)C[C@@H]2C. The van der Waals surface area contributed by atoms with Crippen molar-refractivity contribution in [2.45, 2.75) is 57.9 Å². The molecule has 2 nitrogen and oxygen atoms in total. The summed E-state index contributed by atoms with van der Waals surface area (Å²) >= 11 is 0. The highest BCUT2D eigenvalue weighted by Crippen LogP contribution is 2.49. The molecule has 0 aromatic carbocycles. The average molecular weight is 284 g/mol.